The summed E-state index contributed by atoms with van der Waals surface area (Å²) in [4.78, 5) is 11.1. The fourth-order valence-corrected chi connectivity index (χ4v) is 4.11. The molecule has 4 atom stereocenters. The molecule has 0 amide bonds. The lowest BCUT2D eigenvalue weighted by molar-refractivity contribution is -0.141. The molecule has 0 aromatic heterocycles. The Morgan fingerprint density at radius 3 is 2.58 bits per heavy atom. The van der Waals surface area contributed by atoms with Gasteiger partial charge >= 0.3 is 5.97 Å². The molecule has 2 fully saturated rings. The number of rotatable bonds is 4. The average Bonchev–Trinajstić information content (AvgIpc) is 2.34. The lowest BCUT2D eigenvalue weighted by Crippen LogP contribution is -2.55. The van der Waals surface area contributed by atoms with Gasteiger partial charge in [0, 0.05) is 6.04 Å². The van der Waals surface area contributed by atoms with Gasteiger partial charge in [0.25, 0.3) is 10.1 Å². The highest BCUT2D eigenvalue weighted by Gasteiger charge is 2.40. The summed E-state index contributed by atoms with van der Waals surface area (Å²) in [6.07, 6.45) is 5.19. The predicted molar refractivity (Wildman–Crippen MR) is 69.4 cm³/mol. The Balaban J connectivity index is 2.06. The summed E-state index contributed by atoms with van der Waals surface area (Å²) in [6, 6.07) is -0.715. The lowest BCUT2D eigenvalue weighted by atomic mass is 9.69. The van der Waals surface area contributed by atoms with E-state index in [-0.39, 0.29) is 18.2 Å². The van der Waals surface area contributed by atoms with Gasteiger partial charge in [-0.2, -0.15) is 8.42 Å². The number of hydrogen-bond acceptors (Lipinski definition) is 4. The van der Waals surface area contributed by atoms with Crippen LogP contribution in [0.2, 0.25) is 0 Å². The molecule has 0 spiro atoms. The number of hydrogen-bond donors (Lipinski definition) is 3. The van der Waals surface area contributed by atoms with Gasteiger partial charge in [-0.3, -0.25) is 9.35 Å². The predicted octanol–water partition coefficient (Wildman–Crippen LogP) is 0.886. The maximum absolute atomic E-state index is 11.1. The van der Waals surface area contributed by atoms with E-state index in [4.69, 9.17) is 9.66 Å². The molecule has 0 aromatic carbocycles. The second-order valence-electron chi connectivity index (χ2n) is 5.68. The van der Waals surface area contributed by atoms with Crippen molar-refractivity contribution < 1.29 is 22.9 Å². The SMILES string of the molecule is O=C(O)C1CC2CCCCC2C(CCS(=O)(=O)O)N1. The molecule has 1 saturated heterocycles. The molecule has 0 aromatic rings. The number of fused-ring (bicyclic) bond motifs is 1. The fraction of sp³-hybridized carbons (Fsp3) is 0.917. The van der Waals surface area contributed by atoms with E-state index in [0.29, 0.717) is 18.3 Å². The molecule has 19 heavy (non-hydrogen) atoms. The Kier molecular flexibility index (Phi) is 4.47. The van der Waals surface area contributed by atoms with E-state index in [2.05, 4.69) is 5.32 Å². The summed E-state index contributed by atoms with van der Waals surface area (Å²) in [5, 5.41) is 12.2. The molecule has 1 aliphatic carbocycles. The molecule has 0 bridgehead atoms. The van der Waals surface area contributed by atoms with Gasteiger partial charge in [-0.15, -0.1) is 0 Å². The molecule has 7 heteroatoms. The van der Waals surface area contributed by atoms with Crippen LogP contribution in [0.1, 0.15) is 38.5 Å². The third kappa shape index (κ3) is 3.90. The summed E-state index contributed by atoms with van der Waals surface area (Å²) in [6.45, 7) is 0. The quantitative estimate of drug-likeness (QED) is 0.664. The number of carboxylic acids is 1. The van der Waals surface area contributed by atoms with E-state index in [1.807, 2.05) is 0 Å². The van der Waals surface area contributed by atoms with Gasteiger partial charge in [0.1, 0.15) is 6.04 Å². The minimum atomic E-state index is -3.99. The van der Waals surface area contributed by atoms with Crippen molar-refractivity contribution in [3.05, 3.63) is 0 Å². The van der Waals surface area contributed by atoms with Crippen LogP contribution in [0.15, 0.2) is 0 Å². The maximum atomic E-state index is 11.1. The molecule has 0 radical (unpaired) electrons. The van der Waals surface area contributed by atoms with E-state index in [1.165, 1.54) is 0 Å². The van der Waals surface area contributed by atoms with Crippen LogP contribution in [0.5, 0.6) is 0 Å². The third-order valence-electron chi connectivity index (χ3n) is 4.42. The van der Waals surface area contributed by atoms with Gasteiger partial charge in [-0.05, 0) is 31.1 Å². The van der Waals surface area contributed by atoms with Crippen LogP contribution >= 0.6 is 0 Å². The zero-order chi connectivity index (χ0) is 14.0. The van der Waals surface area contributed by atoms with Crippen LogP contribution in [0.3, 0.4) is 0 Å². The first-order valence-corrected chi connectivity index (χ1v) is 8.42. The minimum Gasteiger partial charge on any atom is -0.480 e. The van der Waals surface area contributed by atoms with Crippen molar-refractivity contribution in [3.63, 3.8) is 0 Å². The van der Waals surface area contributed by atoms with E-state index in [1.54, 1.807) is 0 Å². The van der Waals surface area contributed by atoms with E-state index in [0.717, 1.165) is 25.7 Å². The van der Waals surface area contributed by atoms with Crippen molar-refractivity contribution >= 4 is 16.1 Å². The first-order valence-electron chi connectivity index (χ1n) is 6.81. The highest BCUT2D eigenvalue weighted by atomic mass is 32.2. The van der Waals surface area contributed by atoms with E-state index < -0.39 is 22.1 Å². The number of aliphatic carboxylic acids is 1. The van der Waals surface area contributed by atoms with Gasteiger partial charge < -0.3 is 10.4 Å². The van der Waals surface area contributed by atoms with Crippen molar-refractivity contribution in [2.24, 2.45) is 11.8 Å². The number of nitrogens with one attached hydrogen (secondary N) is 1. The van der Waals surface area contributed by atoms with Crippen LogP contribution in [-0.4, -0.2) is 41.9 Å². The largest absolute Gasteiger partial charge is 0.480 e. The normalized spacial score (nSPS) is 35.6. The molecule has 2 rings (SSSR count). The zero-order valence-electron chi connectivity index (χ0n) is 10.8. The Morgan fingerprint density at radius 1 is 1.26 bits per heavy atom. The molecule has 1 saturated carbocycles. The lowest BCUT2D eigenvalue weighted by Gasteiger charge is -2.44. The standard InChI is InChI=1S/C12H21NO5S/c14-12(15)11-7-8-3-1-2-4-9(8)10(13-11)5-6-19(16,17)18/h8-11,13H,1-7H2,(H,14,15)(H,16,17,18). The second kappa shape index (κ2) is 5.76. The number of carboxylic acid groups (broad SMARTS) is 1. The van der Waals surface area contributed by atoms with Crippen molar-refractivity contribution in [2.45, 2.75) is 50.6 Å². The minimum absolute atomic E-state index is 0.123. The van der Waals surface area contributed by atoms with Crippen LogP contribution in [0.4, 0.5) is 0 Å². The van der Waals surface area contributed by atoms with Gasteiger partial charge in [0.05, 0.1) is 5.75 Å². The van der Waals surface area contributed by atoms with Crippen molar-refractivity contribution in [1.29, 1.82) is 0 Å². The molecular formula is C12H21NO5S. The first-order chi connectivity index (χ1) is 8.87. The number of carbonyl (C=O) groups is 1. The topological polar surface area (TPSA) is 104 Å². The van der Waals surface area contributed by atoms with Crippen LogP contribution in [-0.2, 0) is 14.9 Å². The summed E-state index contributed by atoms with van der Waals surface area (Å²) < 4.78 is 30.6. The Labute approximate surface area is 113 Å². The van der Waals surface area contributed by atoms with Crippen molar-refractivity contribution in [1.82, 2.24) is 5.32 Å². The molecule has 1 heterocycles. The van der Waals surface area contributed by atoms with Crippen molar-refractivity contribution in [3.8, 4) is 0 Å². The molecule has 3 N–H and O–H groups in total. The molecular weight excluding hydrogens is 270 g/mol. The monoisotopic (exact) mass is 291 g/mol. The summed E-state index contributed by atoms with van der Waals surface area (Å²) in [5.74, 6) is -0.477. The Hall–Kier alpha value is -0.660. The molecule has 110 valence electrons. The highest BCUT2D eigenvalue weighted by Crippen LogP contribution is 2.39. The van der Waals surface area contributed by atoms with Gasteiger partial charge in [-0.1, -0.05) is 19.3 Å². The van der Waals surface area contributed by atoms with Crippen molar-refractivity contribution in [2.75, 3.05) is 5.75 Å². The van der Waals surface area contributed by atoms with Crippen LogP contribution in [0.25, 0.3) is 0 Å². The van der Waals surface area contributed by atoms with Crippen LogP contribution in [0, 0.1) is 11.8 Å². The highest BCUT2D eigenvalue weighted by molar-refractivity contribution is 7.85. The third-order valence-corrected chi connectivity index (χ3v) is 5.17. The fourth-order valence-electron chi connectivity index (χ4n) is 3.56. The summed E-state index contributed by atoms with van der Waals surface area (Å²) in [7, 11) is -3.99. The van der Waals surface area contributed by atoms with Gasteiger partial charge in [0.15, 0.2) is 0 Å². The number of piperidine rings is 1. The van der Waals surface area contributed by atoms with Gasteiger partial charge in [0.2, 0.25) is 0 Å². The van der Waals surface area contributed by atoms with E-state index in [9.17, 15) is 13.2 Å². The van der Waals surface area contributed by atoms with E-state index >= 15 is 0 Å². The molecule has 2 aliphatic rings. The Bertz CT molecular complexity index is 435. The smallest absolute Gasteiger partial charge is 0.320 e. The molecule has 1 aliphatic heterocycles. The maximum Gasteiger partial charge on any atom is 0.320 e. The molecule has 4 unspecified atom stereocenters. The van der Waals surface area contributed by atoms with Gasteiger partial charge in [-0.25, -0.2) is 0 Å². The second-order valence-corrected chi connectivity index (χ2v) is 7.25. The Morgan fingerprint density at radius 2 is 1.95 bits per heavy atom. The molecule has 6 nitrogen and oxygen atoms in total. The van der Waals surface area contributed by atoms with Crippen LogP contribution < -0.4 is 5.32 Å². The zero-order valence-corrected chi connectivity index (χ0v) is 11.6. The first kappa shape index (κ1) is 14.7. The summed E-state index contributed by atoms with van der Waals surface area (Å²) >= 11 is 0. The summed E-state index contributed by atoms with van der Waals surface area (Å²) in [5.41, 5.74) is 0. The average molecular weight is 291 g/mol.